The topological polar surface area (TPSA) is 73.1 Å². The van der Waals surface area contributed by atoms with Crippen molar-refractivity contribution in [3.05, 3.63) is 47.4 Å². The Hall–Kier alpha value is -2.76. The third-order valence-corrected chi connectivity index (χ3v) is 3.15. The lowest BCUT2D eigenvalue weighted by atomic mass is 10.2. The summed E-state index contributed by atoms with van der Waals surface area (Å²) in [4.78, 5) is 12.1. The van der Waals surface area contributed by atoms with Gasteiger partial charge in [-0.3, -0.25) is 4.79 Å². The third kappa shape index (κ3) is 4.60. The minimum atomic E-state index is -0.362. The van der Waals surface area contributed by atoms with Gasteiger partial charge in [0.1, 0.15) is 23.0 Å². The Morgan fingerprint density at radius 2 is 1.91 bits per heavy atom. The van der Waals surface area contributed by atoms with E-state index in [1.807, 2.05) is 12.1 Å². The lowest BCUT2D eigenvalue weighted by molar-refractivity contribution is 0.0954. The van der Waals surface area contributed by atoms with Gasteiger partial charge < -0.3 is 13.9 Å². The second-order valence-corrected chi connectivity index (χ2v) is 4.85. The normalized spacial score (nSPS) is 10.7. The highest BCUT2D eigenvalue weighted by Gasteiger charge is 2.09. The van der Waals surface area contributed by atoms with Crippen molar-refractivity contribution >= 4 is 12.1 Å². The summed E-state index contributed by atoms with van der Waals surface area (Å²) in [5.41, 5.74) is 2.84. The summed E-state index contributed by atoms with van der Waals surface area (Å²) >= 11 is 0. The van der Waals surface area contributed by atoms with Crippen molar-refractivity contribution < 1.29 is 18.7 Å². The fraction of sp³-hybridized carbons (Fsp3) is 0.294. The van der Waals surface area contributed by atoms with Gasteiger partial charge in [0.15, 0.2) is 0 Å². The number of hydrogen-bond donors (Lipinski definition) is 1. The monoisotopic (exact) mass is 316 g/mol. The molecule has 1 aromatic heterocycles. The maximum atomic E-state index is 12.1. The Morgan fingerprint density at radius 3 is 2.52 bits per heavy atom. The number of benzene rings is 1. The van der Waals surface area contributed by atoms with Gasteiger partial charge in [-0.05, 0) is 30.7 Å². The molecule has 0 aliphatic rings. The highest BCUT2D eigenvalue weighted by Crippen LogP contribution is 2.22. The molecule has 1 heterocycles. The first-order valence-corrected chi connectivity index (χ1v) is 7.31. The van der Waals surface area contributed by atoms with E-state index < -0.39 is 0 Å². The predicted octanol–water partition coefficient (Wildman–Crippen LogP) is 3.01. The van der Waals surface area contributed by atoms with Crippen LogP contribution in [0.3, 0.4) is 0 Å². The lowest BCUT2D eigenvalue weighted by Crippen LogP contribution is -2.17. The van der Waals surface area contributed by atoms with Gasteiger partial charge >= 0.3 is 0 Å². The number of furan rings is 1. The van der Waals surface area contributed by atoms with E-state index in [1.54, 1.807) is 18.2 Å². The summed E-state index contributed by atoms with van der Waals surface area (Å²) < 4.78 is 15.8. The number of hydrazone groups is 1. The Labute approximate surface area is 135 Å². The number of ether oxygens (including phenoxy) is 2. The first kappa shape index (κ1) is 16.6. The smallest absolute Gasteiger partial charge is 0.271 e. The van der Waals surface area contributed by atoms with Gasteiger partial charge in [0.2, 0.25) is 0 Å². The molecular weight excluding hydrogens is 296 g/mol. The van der Waals surface area contributed by atoms with Gasteiger partial charge in [-0.25, -0.2) is 5.43 Å². The number of carbonyl (C=O) groups is 1. The average molecular weight is 316 g/mol. The quantitative estimate of drug-likeness (QED) is 0.629. The van der Waals surface area contributed by atoms with Crippen LogP contribution in [-0.2, 0) is 6.42 Å². The van der Waals surface area contributed by atoms with Crippen LogP contribution in [0.2, 0.25) is 0 Å². The van der Waals surface area contributed by atoms with Crippen molar-refractivity contribution in [3.8, 4) is 11.5 Å². The summed E-state index contributed by atoms with van der Waals surface area (Å²) in [6, 6.07) is 8.63. The van der Waals surface area contributed by atoms with Crippen LogP contribution < -0.4 is 14.9 Å². The zero-order chi connectivity index (χ0) is 16.7. The largest absolute Gasteiger partial charge is 0.497 e. The Balaban J connectivity index is 2.02. The van der Waals surface area contributed by atoms with E-state index in [4.69, 9.17) is 13.9 Å². The molecular formula is C17H20N2O4. The molecule has 0 bridgehead atoms. The molecule has 1 amide bonds. The summed E-state index contributed by atoms with van der Waals surface area (Å²) in [5.74, 6) is 2.20. The maximum absolute atomic E-state index is 12.1. The summed E-state index contributed by atoms with van der Waals surface area (Å²) in [5, 5.41) is 3.90. The minimum absolute atomic E-state index is 0.362. The van der Waals surface area contributed by atoms with Crippen LogP contribution in [0, 0.1) is 0 Å². The van der Waals surface area contributed by atoms with E-state index in [0.717, 1.165) is 18.6 Å². The third-order valence-electron chi connectivity index (χ3n) is 3.15. The summed E-state index contributed by atoms with van der Waals surface area (Å²) in [7, 11) is 3.05. The number of nitrogens with one attached hydrogen (secondary N) is 1. The van der Waals surface area contributed by atoms with Crippen LogP contribution in [0.4, 0.5) is 0 Å². The molecule has 23 heavy (non-hydrogen) atoms. The highest BCUT2D eigenvalue weighted by atomic mass is 16.5. The molecule has 0 saturated heterocycles. The SMILES string of the molecule is CCCc1ccc(/C=N\NC(=O)c2cc(OC)cc(OC)c2)o1. The Bertz CT molecular complexity index is 669. The van der Waals surface area contributed by atoms with E-state index in [2.05, 4.69) is 17.5 Å². The molecule has 0 saturated carbocycles. The van der Waals surface area contributed by atoms with Crippen molar-refractivity contribution in [1.82, 2.24) is 5.43 Å². The first-order chi connectivity index (χ1) is 11.2. The van der Waals surface area contributed by atoms with Crippen molar-refractivity contribution in [1.29, 1.82) is 0 Å². The van der Waals surface area contributed by atoms with Gasteiger partial charge in [0.05, 0.1) is 20.4 Å². The number of rotatable bonds is 7. The van der Waals surface area contributed by atoms with Crippen molar-refractivity contribution in [2.75, 3.05) is 14.2 Å². The van der Waals surface area contributed by atoms with Crippen molar-refractivity contribution in [2.24, 2.45) is 5.10 Å². The van der Waals surface area contributed by atoms with Crippen molar-refractivity contribution in [3.63, 3.8) is 0 Å². The van der Waals surface area contributed by atoms with Gasteiger partial charge in [0.25, 0.3) is 5.91 Å². The average Bonchev–Trinajstić information content (AvgIpc) is 3.02. The highest BCUT2D eigenvalue weighted by molar-refractivity contribution is 5.95. The maximum Gasteiger partial charge on any atom is 0.271 e. The number of nitrogens with zero attached hydrogens (tertiary/aromatic N) is 1. The zero-order valence-electron chi connectivity index (χ0n) is 13.5. The second-order valence-electron chi connectivity index (χ2n) is 4.85. The van der Waals surface area contributed by atoms with Gasteiger partial charge in [-0.2, -0.15) is 5.10 Å². The molecule has 0 aliphatic heterocycles. The molecule has 2 rings (SSSR count). The molecule has 122 valence electrons. The number of aryl methyl sites for hydroxylation is 1. The van der Waals surface area contributed by atoms with Crippen LogP contribution in [0.15, 0.2) is 39.9 Å². The molecule has 2 aromatic rings. The number of hydrogen-bond acceptors (Lipinski definition) is 5. The zero-order valence-corrected chi connectivity index (χ0v) is 13.5. The fourth-order valence-corrected chi connectivity index (χ4v) is 2.00. The Morgan fingerprint density at radius 1 is 1.22 bits per heavy atom. The number of methoxy groups -OCH3 is 2. The summed E-state index contributed by atoms with van der Waals surface area (Å²) in [6.07, 6.45) is 3.36. The first-order valence-electron chi connectivity index (χ1n) is 7.31. The van der Waals surface area contributed by atoms with E-state index in [1.165, 1.54) is 20.4 Å². The molecule has 0 radical (unpaired) electrons. The molecule has 0 atom stereocenters. The number of amides is 1. The van der Waals surface area contributed by atoms with E-state index in [-0.39, 0.29) is 5.91 Å². The molecule has 0 fully saturated rings. The molecule has 1 aromatic carbocycles. The van der Waals surface area contributed by atoms with Gasteiger partial charge in [0, 0.05) is 18.1 Å². The second kappa shape index (κ2) is 8.03. The fourth-order valence-electron chi connectivity index (χ4n) is 2.00. The van der Waals surface area contributed by atoms with E-state index >= 15 is 0 Å². The molecule has 1 N–H and O–H groups in total. The van der Waals surface area contributed by atoms with Gasteiger partial charge in [-0.1, -0.05) is 6.92 Å². The lowest BCUT2D eigenvalue weighted by Gasteiger charge is -2.07. The van der Waals surface area contributed by atoms with Crippen molar-refractivity contribution in [2.45, 2.75) is 19.8 Å². The van der Waals surface area contributed by atoms with Crippen LogP contribution >= 0.6 is 0 Å². The van der Waals surface area contributed by atoms with Crippen LogP contribution in [0.5, 0.6) is 11.5 Å². The van der Waals surface area contributed by atoms with Crippen LogP contribution in [-0.4, -0.2) is 26.3 Å². The van der Waals surface area contributed by atoms with E-state index in [9.17, 15) is 4.79 Å². The Kier molecular flexibility index (Phi) is 5.80. The van der Waals surface area contributed by atoms with E-state index in [0.29, 0.717) is 22.8 Å². The molecule has 0 aliphatic carbocycles. The molecule has 0 unspecified atom stereocenters. The predicted molar refractivity (Wildman–Crippen MR) is 87.3 cm³/mol. The number of carbonyl (C=O) groups excluding carboxylic acids is 1. The standard InChI is InChI=1S/C17H20N2O4/c1-4-5-13-6-7-14(23-13)11-18-19-17(20)12-8-15(21-2)10-16(9-12)22-3/h6-11H,4-5H2,1-3H3,(H,19,20)/b18-11-. The van der Waals surface area contributed by atoms with Crippen LogP contribution in [0.25, 0.3) is 0 Å². The van der Waals surface area contributed by atoms with Crippen LogP contribution in [0.1, 0.15) is 35.2 Å². The minimum Gasteiger partial charge on any atom is -0.497 e. The molecule has 6 nitrogen and oxygen atoms in total. The molecule has 6 heteroatoms. The molecule has 0 spiro atoms. The summed E-state index contributed by atoms with van der Waals surface area (Å²) in [6.45, 7) is 2.08. The van der Waals surface area contributed by atoms with Gasteiger partial charge in [-0.15, -0.1) is 0 Å².